The fourth-order valence-corrected chi connectivity index (χ4v) is 2.26. The van der Waals surface area contributed by atoms with Crippen LogP contribution in [-0.4, -0.2) is 11.1 Å². The summed E-state index contributed by atoms with van der Waals surface area (Å²) in [6, 6.07) is 18.6. The van der Waals surface area contributed by atoms with Crippen LogP contribution >= 0.6 is 0 Å². The Hall–Kier alpha value is -3.05. The molecule has 0 unspecified atom stereocenters. The summed E-state index contributed by atoms with van der Waals surface area (Å²) in [5.74, 6) is -0.0309. The molecule has 5 heteroatoms. The number of benzene rings is 2. The first kappa shape index (κ1) is 14.9. The summed E-state index contributed by atoms with van der Waals surface area (Å²) < 4.78 is 10.7. The molecule has 5 nitrogen and oxygen atoms in total. The number of aromatic carboxylic acids is 1. The zero-order valence-electron chi connectivity index (χ0n) is 12.4. The molecule has 1 aromatic heterocycles. The summed E-state index contributed by atoms with van der Waals surface area (Å²) in [6.07, 6.45) is 0. The fraction of sp³-hybridized carbons (Fsp3) is 0.0556. The summed E-state index contributed by atoms with van der Waals surface area (Å²) in [5.41, 5.74) is 7.13. The molecule has 0 saturated carbocycles. The van der Waals surface area contributed by atoms with Crippen molar-refractivity contribution < 1.29 is 24.8 Å². The van der Waals surface area contributed by atoms with Crippen molar-refractivity contribution in [3.8, 4) is 16.9 Å². The number of rotatable bonds is 5. The van der Waals surface area contributed by atoms with Gasteiger partial charge in [0.2, 0.25) is 5.76 Å². The first-order valence-corrected chi connectivity index (χ1v) is 7.10. The van der Waals surface area contributed by atoms with Gasteiger partial charge in [-0.1, -0.05) is 24.3 Å². The maximum Gasteiger partial charge on any atom is 0.371 e. The van der Waals surface area contributed by atoms with E-state index in [0.29, 0.717) is 11.5 Å². The maximum atomic E-state index is 10.7. The highest BCUT2D eigenvalue weighted by Crippen LogP contribution is 2.26. The van der Waals surface area contributed by atoms with Crippen LogP contribution in [0, 0.1) is 0 Å². The van der Waals surface area contributed by atoms with Crippen molar-refractivity contribution in [3.05, 3.63) is 72.2 Å². The van der Waals surface area contributed by atoms with Gasteiger partial charge in [-0.15, -0.1) is 0 Å². The molecule has 0 bridgehead atoms. The summed E-state index contributed by atoms with van der Waals surface area (Å²) in [5, 5.41) is 8.80. The number of carbonyl (C=O) groups is 1. The largest absolute Gasteiger partial charge is 0.486 e. The van der Waals surface area contributed by atoms with E-state index in [9.17, 15) is 4.79 Å². The molecular weight excluding hydrogens is 294 g/mol. The van der Waals surface area contributed by atoms with Crippen LogP contribution < -0.4 is 10.5 Å². The number of hydrogen-bond acceptors (Lipinski definition) is 3. The molecule has 0 amide bonds. The lowest BCUT2D eigenvalue weighted by atomic mass is 10.0. The molecule has 4 N–H and O–H groups in total. The summed E-state index contributed by atoms with van der Waals surface area (Å²) in [4.78, 5) is 10.7. The molecule has 0 aliphatic heterocycles. The van der Waals surface area contributed by atoms with Gasteiger partial charge < -0.3 is 20.0 Å². The van der Waals surface area contributed by atoms with Crippen molar-refractivity contribution in [2.24, 2.45) is 0 Å². The van der Waals surface area contributed by atoms with Crippen LogP contribution in [0.2, 0.25) is 0 Å². The zero-order valence-corrected chi connectivity index (χ0v) is 12.4. The highest BCUT2D eigenvalue weighted by Gasteiger charge is 2.09. The Bertz CT molecular complexity index is 821. The van der Waals surface area contributed by atoms with Crippen LogP contribution in [0.3, 0.4) is 0 Å². The lowest BCUT2D eigenvalue weighted by Gasteiger charge is -2.06. The van der Waals surface area contributed by atoms with Crippen LogP contribution in [0.15, 0.2) is 65.1 Å². The highest BCUT2D eigenvalue weighted by molar-refractivity contribution is 5.84. The predicted octanol–water partition coefficient (Wildman–Crippen LogP) is 3.10. The van der Waals surface area contributed by atoms with Crippen LogP contribution in [0.25, 0.3) is 11.1 Å². The van der Waals surface area contributed by atoms with Gasteiger partial charge in [-0.2, -0.15) is 0 Å². The van der Waals surface area contributed by atoms with E-state index in [1.54, 1.807) is 6.07 Å². The smallest absolute Gasteiger partial charge is 0.371 e. The summed E-state index contributed by atoms with van der Waals surface area (Å²) >= 11 is 0. The van der Waals surface area contributed by atoms with E-state index in [2.05, 4.69) is 5.73 Å². The quantitative estimate of drug-likeness (QED) is 0.758. The third-order valence-corrected chi connectivity index (χ3v) is 3.44. The molecule has 0 spiro atoms. The highest BCUT2D eigenvalue weighted by atomic mass is 16.5. The van der Waals surface area contributed by atoms with Crippen molar-refractivity contribution in [1.29, 1.82) is 0 Å². The monoisotopic (exact) mass is 310 g/mol. The van der Waals surface area contributed by atoms with Crippen molar-refractivity contribution in [2.75, 3.05) is 0 Å². The van der Waals surface area contributed by atoms with E-state index in [1.807, 2.05) is 48.5 Å². The van der Waals surface area contributed by atoms with E-state index in [1.165, 1.54) is 6.07 Å². The lowest BCUT2D eigenvalue weighted by Crippen LogP contribution is -2.40. The van der Waals surface area contributed by atoms with Crippen LogP contribution in [0.5, 0.6) is 5.75 Å². The molecule has 0 aliphatic rings. The van der Waals surface area contributed by atoms with Gasteiger partial charge in [-0.25, -0.2) is 4.79 Å². The SMILES string of the molecule is [NH3+]c1ccccc1-c1ccc(OCc2ccc(C(=O)O)o2)cc1. The van der Waals surface area contributed by atoms with Gasteiger partial charge in [0.1, 0.15) is 23.8 Å². The van der Waals surface area contributed by atoms with Crippen molar-refractivity contribution in [2.45, 2.75) is 6.61 Å². The number of carboxylic acids is 1. The average Bonchev–Trinajstić information content (AvgIpc) is 3.03. The second-order valence-electron chi connectivity index (χ2n) is 5.04. The number of ether oxygens (including phenoxy) is 1. The molecule has 3 rings (SSSR count). The van der Waals surface area contributed by atoms with Crippen molar-refractivity contribution in [1.82, 2.24) is 0 Å². The second kappa shape index (κ2) is 6.37. The molecular formula is C18H16NO4+. The lowest BCUT2D eigenvalue weighted by molar-refractivity contribution is -0.253. The minimum Gasteiger partial charge on any atom is -0.486 e. The molecule has 0 aliphatic carbocycles. The Morgan fingerprint density at radius 2 is 1.78 bits per heavy atom. The molecule has 0 radical (unpaired) electrons. The molecule has 3 aromatic rings. The van der Waals surface area contributed by atoms with E-state index < -0.39 is 5.97 Å². The minimum absolute atomic E-state index is 0.0917. The zero-order chi connectivity index (χ0) is 16.2. The van der Waals surface area contributed by atoms with Crippen LogP contribution in [0.1, 0.15) is 16.3 Å². The molecule has 116 valence electrons. The molecule has 23 heavy (non-hydrogen) atoms. The fourth-order valence-electron chi connectivity index (χ4n) is 2.26. The normalized spacial score (nSPS) is 10.5. The minimum atomic E-state index is -1.09. The van der Waals surface area contributed by atoms with Crippen LogP contribution in [0.4, 0.5) is 5.69 Å². The topological polar surface area (TPSA) is 87.3 Å². The van der Waals surface area contributed by atoms with Gasteiger partial charge in [0.05, 0.1) is 0 Å². The number of carboxylic acid groups (broad SMARTS) is 1. The van der Waals surface area contributed by atoms with E-state index in [-0.39, 0.29) is 12.4 Å². The van der Waals surface area contributed by atoms with E-state index in [4.69, 9.17) is 14.3 Å². The predicted molar refractivity (Wildman–Crippen MR) is 84.4 cm³/mol. The Kier molecular flexibility index (Phi) is 4.12. The van der Waals surface area contributed by atoms with Crippen molar-refractivity contribution in [3.63, 3.8) is 0 Å². The van der Waals surface area contributed by atoms with Gasteiger partial charge in [-0.05, 0) is 42.0 Å². The molecule has 0 fully saturated rings. The summed E-state index contributed by atoms with van der Waals surface area (Å²) in [7, 11) is 0. The molecule has 0 saturated heterocycles. The second-order valence-corrected chi connectivity index (χ2v) is 5.04. The molecule has 2 aromatic carbocycles. The van der Waals surface area contributed by atoms with E-state index >= 15 is 0 Å². The van der Waals surface area contributed by atoms with E-state index in [0.717, 1.165) is 16.8 Å². The maximum absolute atomic E-state index is 10.7. The first-order valence-electron chi connectivity index (χ1n) is 7.10. The average molecular weight is 310 g/mol. The third-order valence-electron chi connectivity index (χ3n) is 3.44. The van der Waals surface area contributed by atoms with Gasteiger partial charge in [0.15, 0.2) is 0 Å². The van der Waals surface area contributed by atoms with Gasteiger partial charge in [0.25, 0.3) is 0 Å². The number of furan rings is 1. The first-order chi connectivity index (χ1) is 11.1. The Morgan fingerprint density at radius 1 is 1.04 bits per heavy atom. The number of hydrogen-bond donors (Lipinski definition) is 2. The van der Waals surface area contributed by atoms with Gasteiger partial charge >= 0.3 is 5.97 Å². The number of quaternary nitrogens is 1. The van der Waals surface area contributed by atoms with Gasteiger partial charge in [0, 0.05) is 5.56 Å². The third kappa shape index (κ3) is 3.41. The Labute approximate surface area is 132 Å². The van der Waals surface area contributed by atoms with Crippen LogP contribution in [-0.2, 0) is 6.61 Å². The van der Waals surface area contributed by atoms with Gasteiger partial charge in [-0.3, -0.25) is 0 Å². The molecule has 0 atom stereocenters. The Morgan fingerprint density at radius 3 is 2.43 bits per heavy atom. The molecule has 1 heterocycles. The Balaban J connectivity index is 1.68. The van der Waals surface area contributed by atoms with Crippen molar-refractivity contribution >= 4 is 11.7 Å². The standard InChI is InChI=1S/C18H15NO4/c19-16-4-2-1-3-15(16)12-5-7-13(8-6-12)22-11-14-9-10-17(23-14)18(20)21/h1-10H,11,19H2,(H,20,21)/p+1. The summed E-state index contributed by atoms with van der Waals surface area (Å²) in [6.45, 7) is 0.179.